The van der Waals surface area contributed by atoms with Crippen LogP contribution < -0.4 is 14.8 Å². The lowest BCUT2D eigenvalue weighted by Gasteiger charge is -2.37. The number of halogens is 2. The number of ketones is 1. The van der Waals surface area contributed by atoms with Crippen molar-refractivity contribution in [1.82, 2.24) is 5.32 Å². The molecule has 2 atom stereocenters. The van der Waals surface area contributed by atoms with Crippen LogP contribution in [0.1, 0.15) is 74.8 Å². The second-order valence-electron chi connectivity index (χ2n) is 10.5. The van der Waals surface area contributed by atoms with Gasteiger partial charge < -0.3 is 24.6 Å². The lowest BCUT2D eigenvalue weighted by Crippen LogP contribution is -2.37. The fourth-order valence-electron chi connectivity index (χ4n) is 6.19. The summed E-state index contributed by atoms with van der Waals surface area (Å²) in [5, 5.41) is 13.6. The van der Waals surface area contributed by atoms with Crippen LogP contribution in [0.25, 0.3) is 0 Å². The maximum atomic E-state index is 13.8. The fraction of sp³-hybridized carbons (Fsp3) is 0.400. The minimum atomic E-state index is -3.72. The van der Waals surface area contributed by atoms with E-state index in [4.69, 9.17) is 4.74 Å². The molecule has 2 aliphatic heterocycles. The number of carbonyl (C=O) groups excluding carboxylic acids is 2. The van der Waals surface area contributed by atoms with Crippen LogP contribution in [0.4, 0.5) is 8.78 Å². The highest BCUT2D eigenvalue weighted by Crippen LogP contribution is 2.49. The van der Waals surface area contributed by atoms with Crippen molar-refractivity contribution in [1.29, 1.82) is 0 Å². The highest BCUT2D eigenvalue weighted by molar-refractivity contribution is 6.04. The van der Waals surface area contributed by atoms with E-state index in [2.05, 4.69) is 14.8 Å². The summed E-state index contributed by atoms with van der Waals surface area (Å²) in [5.74, 6) is -1.67. The van der Waals surface area contributed by atoms with E-state index in [1.165, 1.54) is 12.1 Å². The third-order valence-electron chi connectivity index (χ3n) is 7.96. The molecule has 2 aliphatic carbocycles. The molecular formula is C30H29F2NO6. The second-order valence-corrected chi connectivity index (χ2v) is 10.5. The number of benzene rings is 2. The zero-order chi connectivity index (χ0) is 27.3. The summed E-state index contributed by atoms with van der Waals surface area (Å²) in [5.41, 5.74) is 3.53. The smallest absolute Gasteiger partial charge is 0.508 e. The summed E-state index contributed by atoms with van der Waals surface area (Å²) in [7, 11) is 0. The molecule has 7 nitrogen and oxygen atoms in total. The first-order valence-corrected chi connectivity index (χ1v) is 13.4. The first-order chi connectivity index (χ1) is 18.7. The molecule has 2 heterocycles. The van der Waals surface area contributed by atoms with Crippen molar-refractivity contribution < 1.29 is 37.7 Å². The number of dihydropyridines is 1. The summed E-state index contributed by atoms with van der Waals surface area (Å²) in [6.45, 7) is 1.93. The second kappa shape index (κ2) is 9.70. The van der Waals surface area contributed by atoms with Crippen LogP contribution in [-0.2, 0) is 14.3 Å². The largest absolute Gasteiger partial charge is 0.586 e. The van der Waals surface area contributed by atoms with Gasteiger partial charge in [0.25, 0.3) is 0 Å². The number of phenols is 1. The Labute approximate surface area is 224 Å². The molecule has 1 fully saturated rings. The zero-order valence-corrected chi connectivity index (χ0v) is 21.5. The van der Waals surface area contributed by atoms with Crippen LogP contribution in [0, 0.1) is 0 Å². The molecule has 9 heteroatoms. The van der Waals surface area contributed by atoms with Gasteiger partial charge in [-0.3, -0.25) is 4.79 Å². The molecule has 39 heavy (non-hydrogen) atoms. The molecule has 1 saturated carbocycles. The van der Waals surface area contributed by atoms with E-state index in [-0.39, 0.29) is 41.5 Å². The molecule has 2 N–H and O–H groups in total. The molecular weight excluding hydrogens is 508 g/mol. The number of alkyl halides is 2. The number of hydrogen-bond donors (Lipinski definition) is 2. The number of hydrogen-bond acceptors (Lipinski definition) is 7. The Morgan fingerprint density at radius 1 is 1.08 bits per heavy atom. The third kappa shape index (κ3) is 4.75. The molecule has 2 aromatic rings. The molecule has 0 aromatic heterocycles. The topological polar surface area (TPSA) is 94.1 Å². The van der Waals surface area contributed by atoms with Crippen molar-refractivity contribution in [2.75, 3.05) is 0 Å². The molecule has 0 bridgehead atoms. The summed E-state index contributed by atoms with van der Waals surface area (Å²) in [4.78, 5) is 27.4. The SMILES string of the molecule is CCC1=C(C(=O)OC2CCCC2)C(c2cccc(O)c2)C2=C(CC(c3ccc4c(c3)OC(F)(F)O4)CC2=O)N1. The van der Waals surface area contributed by atoms with Gasteiger partial charge in [-0.05, 0) is 79.8 Å². The Balaban J connectivity index is 1.38. The Bertz CT molecular complexity index is 1410. The van der Waals surface area contributed by atoms with Gasteiger partial charge in [-0.25, -0.2) is 4.79 Å². The predicted octanol–water partition coefficient (Wildman–Crippen LogP) is 5.95. The van der Waals surface area contributed by atoms with E-state index >= 15 is 0 Å². The van der Waals surface area contributed by atoms with Crippen LogP contribution in [0.2, 0.25) is 0 Å². The molecule has 6 rings (SSSR count). The summed E-state index contributed by atoms with van der Waals surface area (Å²) in [6.07, 6.45) is 0.854. The average Bonchev–Trinajstić information content (AvgIpc) is 3.52. The van der Waals surface area contributed by atoms with Crippen molar-refractivity contribution in [2.45, 2.75) is 76.1 Å². The third-order valence-corrected chi connectivity index (χ3v) is 7.96. The molecule has 204 valence electrons. The van der Waals surface area contributed by atoms with Gasteiger partial charge in [0.2, 0.25) is 0 Å². The van der Waals surface area contributed by atoms with Crippen LogP contribution in [0.5, 0.6) is 17.2 Å². The molecule has 0 amide bonds. The van der Waals surface area contributed by atoms with Crippen LogP contribution in [0.3, 0.4) is 0 Å². The van der Waals surface area contributed by atoms with Gasteiger partial charge in [-0.15, -0.1) is 8.78 Å². The van der Waals surface area contributed by atoms with Crippen LogP contribution in [-0.4, -0.2) is 29.3 Å². The molecule has 0 spiro atoms. The Kier molecular flexibility index (Phi) is 6.32. The lowest BCUT2D eigenvalue weighted by molar-refractivity contribution is -0.286. The number of Topliss-reactive ketones (excluding diaryl/α,β-unsaturated/α-hetero) is 1. The maximum Gasteiger partial charge on any atom is 0.586 e. The van der Waals surface area contributed by atoms with E-state index in [1.807, 2.05) is 6.92 Å². The average molecular weight is 538 g/mol. The van der Waals surface area contributed by atoms with Crippen LogP contribution >= 0.6 is 0 Å². The monoisotopic (exact) mass is 537 g/mol. The maximum absolute atomic E-state index is 13.8. The van der Waals surface area contributed by atoms with Gasteiger partial charge in [-0.1, -0.05) is 25.1 Å². The van der Waals surface area contributed by atoms with Gasteiger partial charge in [0.1, 0.15) is 11.9 Å². The predicted molar refractivity (Wildman–Crippen MR) is 136 cm³/mol. The van der Waals surface area contributed by atoms with Crippen molar-refractivity contribution in [3.8, 4) is 17.2 Å². The van der Waals surface area contributed by atoms with Gasteiger partial charge in [0.15, 0.2) is 17.3 Å². The van der Waals surface area contributed by atoms with E-state index in [1.54, 1.807) is 30.3 Å². The first kappa shape index (κ1) is 25.4. The number of rotatable bonds is 5. The van der Waals surface area contributed by atoms with E-state index in [0.29, 0.717) is 46.5 Å². The molecule has 0 saturated heterocycles. The fourth-order valence-corrected chi connectivity index (χ4v) is 6.19. The Hall–Kier alpha value is -3.88. The summed E-state index contributed by atoms with van der Waals surface area (Å²) < 4.78 is 42.2. The zero-order valence-electron chi connectivity index (χ0n) is 21.5. The number of allylic oxidation sites excluding steroid dienone is 3. The van der Waals surface area contributed by atoms with Gasteiger partial charge in [0, 0.05) is 29.3 Å². The van der Waals surface area contributed by atoms with E-state index < -0.39 is 18.2 Å². The lowest BCUT2D eigenvalue weighted by atomic mass is 9.71. The molecule has 2 aromatic carbocycles. The highest BCUT2D eigenvalue weighted by Gasteiger charge is 2.45. The van der Waals surface area contributed by atoms with E-state index in [0.717, 1.165) is 25.7 Å². The number of aromatic hydroxyl groups is 1. The van der Waals surface area contributed by atoms with Crippen molar-refractivity contribution in [3.05, 3.63) is 76.1 Å². The number of ether oxygens (including phenoxy) is 3. The van der Waals surface area contributed by atoms with Gasteiger partial charge in [-0.2, -0.15) is 0 Å². The van der Waals surface area contributed by atoms with Crippen LogP contribution in [0.15, 0.2) is 65.0 Å². The molecule has 2 unspecified atom stereocenters. The number of fused-ring (bicyclic) bond motifs is 1. The number of nitrogens with one attached hydrogen (secondary N) is 1. The Morgan fingerprint density at radius 3 is 2.59 bits per heavy atom. The number of carbonyl (C=O) groups is 2. The Morgan fingerprint density at radius 2 is 1.85 bits per heavy atom. The minimum absolute atomic E-state index is 0.0352. The molecule has 4 aliphatic rings. The van der Waals surface area contributed by atoms with Gasteiger partial charge >= 0.3 is 12.3 Å². The normalized spacial score (nSPS) is 24.0. The summed E-state index contributed by atoms with van der Waals surface area (Å²) >= 11 is 0. The molecule has 0 radical (unpaired) electrons. The first-order valence-electron chi connectivity index (χ1n) is 13.4. The van der Waals surface area contributed by atoms with Crippen molar-refractivity contribution in [3.63, 3.8) is 0 Å². The van der Waals surface area contributed by atoms with E-state index in [9.17, 15) is 23.5 Å². The quantitative estimate of drug-likeness (QED) is 0.455. The van der Waals surface area contributed by atoms with Crippen molar-refractivity contribution >= 4 is 11.8 Å². The minimum Gasteiger partial charge on any atom is -0.508 e. The summed E-state index contributed by atoms with van der Waals surface area (Å²) in [6, 6.07) is 11.2. The standard InChI is InChI=1S/C30H29F2NO6/c1-2-21-28(29(36)37-20-8-3-4-9-20)26(17-6-5-7-19(34)12-17)27-22(33-21)13-18(14-23(27)35)16-10-11-24-25(15-16)39-30(31,32)38-24/h5-7,10-12,15,18,20,26,33-34H,2-4,8-9,13-14H2,1H3. The number of phenolic OH excluding ortho intramolecular Hbond substituents is 1. The highest BCUT2D eigenvalue weighted by atomic mass is 19.3. The van der Waals surface area contributed by atoms with Gasteiger partial charge in [0.05, 0.1) is 5.57 Å². The number of esters is 1. The van der Waals surface area contributed by atoms with Crippen molar-refractivity contribution in [2.24, 2.45) is 0 Å².